The van der Waals surface area contributed by atoms with Gasteiger partial charge in [-0.25, -0.2) is 9.37 Å². The molecule has 5 nitrogen and oxygen atoms in total. The number of benzene rings is 1. The van der Waals surface area contributed by atoms with Gasteiger partial charge < -0.3 is 15.2 Å². The van der Waals surface area contributed by atoms with Gasteiger partial charge in [-0.1, -0.05) is 0 Å². The van der Waals surface area contributed by atoms with Crippen molar-refractivity contribution >= 4 is 17.7 Å². The molecule has 1 aromatic heterocycles. The highest BCUT2D eigenvalue weighted by molar-refractivity contribution is 7.98. The molecule has 0 radical (unpaired) electrons. The average Bonchev–Trinajstić information content (AvgIpc) is 2.65. The molecular weight excluding hydrogens is 367 g/mol. The predicted molar refractivity (Wildman–Crippen MR) is 103 cm³/mol. The van der Waals surface area contributed by atoms with Gasteiger partial charge in [0.2, 0.25) is 5.88 Å². The van der Waals surface area contributed by atoms with E-state index in [1.54, 1.807) is 17.8 Å². The maximum atomic E-state index is 13.7. The number of carbonyl (C=O) groups is 1. The van der Waals surface area contributed by atoms with E-state index in [-0.39, 0.29) is 23.6 Å². The van der Waals surface area contributed by atoms with Gasteiger partial charge in [0.25, 0.3) is 5.91 Å². The molecule has 2 N–H and O–H groups in total. The van der Waals surface area contributed by atoms with Gasteiger partial charge in [-0.15, -0.1) is 11.8 Å². The number of hydrogen-bond acceptors (Lipinski definition) is 5. The van der Waals surface area contributed by atoms with E-state index in [4.69, 9.17) is 4.74 Å². The fourth-order valence-corrected chi connectivity index (χ4v) is 3.77. The molecule has 0 unspecified atom stereocenters. The molecule has 2 aromatic rings. The molecule has 0 aliphatic heterocycles. The van der Waals surface area contributed by atoms with Crippen molar-refractivity contribution in [3.63, 3.8) is 0 Å². The first-order valence-electron chi connectivity index (χ1n) is 8.93. The van der Waals surface area contributed by atoms with E-state index in [2.05, 4.69) is 10.3 Å². The molecule has 1 aromatic carbocycles. The zero-order chi connectivity index (χ0) is 19.4. The minimum Gasteiger partial charge on any atom is -0.438 e. The number of ether oxygens (including phenoxy) is 1. The largest absolute Gasteiger partial charge is 0.438 e. The highest BCUT2D eigenvalue weighted by atomic mass is 32.2. The molecular formula is C20H23FN2O3S. The van der Waals surface area contributed by atoms with Gasteiger partial charge >= 0.3 is 0 Å². The first kappa shape index (κ1) is 19.6. The predicted octanol–water partition coefficient (Wildman–Crippen LogP) is 4.08. The van der Waals surface area contributed by atoms with Gasteiger partial charge in [-0.3, -0.25) is 4.79 Å². The van der Waals surface area contributed by atoms with Gasteiger partial charge in [-0.2, -0.15) is 0 Å². The molecule has 0 bridgehead atoms. The maximum absolute atomic E-state index is 13.7. The summed E-state index contributed by atoms with van der Waals surface area (Å²) >= 11 is 1.64. The zero-order valence-corrected chi connectivity index (χ0v) is 16.2. The molecule has 1 saturated carbocycles. The average molecular weight is 390 g/mol. The number of aliphatic hydroxyl groups excluding tert-OH is 1. The van der Waals surface area contributed by atoms with E-state index in [0.717, 1.165) is 22.7 Å². The number of aromatic nitrogens is 1. The smallest absolute Gasteiger partial charge is 0.257 e. The molecule has 144 valence electrons. The molecule has 1 amide bonds. The van der Waals surface area contributed by atoms with Crippen LogP contribution in [-0.2, 0) is 0 Å². The minimum absolute atomic E-state index is 0.0416. The van der Waals surface area contributed by atoms with Crippen LogP contribution in [0.25, 0.3) is 0 Å². The number of aryl methyl sites for hydroxylation is 1. The Labute approximate surface area is 162 Å². The van der Waals surface area contributed by atoms with Crippen LogP contribution in [0, 0.1) is 12.7 Å². The third-order valence-corrected chi connectivity index (χ3v) is 5.57. The fourth-order valence-electron chi connectivity index (χ4n) is 3.18. The van der Waals surface area contributed by atoms with E-state index in [9.17, 15) is 14.3 Å². The highest BCUT2D eigenvalue weighted by Crippen LogP contribution is 2.29. The van der Waals surface area contributed by atoms with Crippen molar-refractivity contribution in [2.45, 2.75) is 49.6 Å². The van der Waals surface area contributed by atoms with Crippen LogP contribution >= 0.6 is 11.8 Å². The number of aliphatic hydroxyl groups is 1. The van der Waals surface area contributed by atoms with Crippen molar-refractivity contribution < 1.29 is 19.0 Å². The molecule has 0 spiro atoms. The van der Waals surface area contributed by atoms with E-state index in [0.29, 0.717) is 31.4 Å². The van der Waals surface area contributed by atoms with Crippen LogP contribution in [0.5, 0.6) is 11.6 Å². The van der Waals surface area contributed by atoms with Crippen LogP contribution in [0.3, 0.4) is 0 Å². The normalized spacial score (nSPS) is 19.6. The van der Waals surface area contributed by atoms with Crippen LogP contribution < -0.4 is 10.1 Å². The summed E-state index contributed by atoms with van der Waals surface area (Å²) in [5, 5.41) is 12.5. The Morgan fingerprint density at radius 3 is 2.70 bits per heavy atom. The van der Waals surface area contributed by atoms with Crippen molar-refractivity contribution in [2.24, 2.45) is 0 Å². The molecule has 7 heteroatoms. The van der Waals surface area contributed by atoms with Crippen LogP contribution in [0.1, 0.15) is 41.6 Å². The Balaban J connectivity index is 1.78. The molecule has 1 fully saturated rings. The zero-order valence-electron chi connectivity index (χ0n) is 15.4. The number of halogens is 1. The third kappa shape index (κ3) is 4.99. The van der Waals surface area contributed by atoms with Crippen molar-refractivity contribution in [1.29, 1.82) is 0 Å². The number of rotatable bonds is 5. The summed E-state index contributed by atoms with van der Waals surface area (Å²) in [5.41, 5.74) is 1.11. The van der Waals surface area contributed by atoms with E-state index in [1.807, 2.05) is 25.3 Å². The van der Waals surface area contributed by atoms with Crippen LogP contribution in [0.2, 0.25) is 0 Å². The Bertz CT molecular complexity index is 823. The minimum atomic E-state index is -0.597. The Morgan fingerprint density at radius 2 is 2.04 bits per heavy atom. The second-order valence-electron chi connectivity index (χ2n) is 6.72. The Hall–Kier alpha value is -2.12. The molecule has 1 aliphatic rings. The Morgan fingerprint density at radius 1 is 1.30 bits per heavy atom. The number of nitrogens with one attached hydrogen (secondary N) is 1. The van der Waals surface area contributed by atoms with Crippen molar-refractivity contribution in [3.8, 4) is 11.6 Å². The molecule has 1 heterocycles. The molecule has 0 saturated heterocycles. The second kappa shape index (κ2) is 8.71. The SMILES string of the molecule is CSc1ccc(Oc2ncc(F)cc2C(=O)N[C@H]2CC[C@H](O)CC2)cc1C. The van der Waals surface area contributed by atoms with Crippen molar-refractivity contribution in [2.75, 3.05) is 6.26 Å². The summed E-state index contributed by atoms with van der Waals surface area (Å²) in [6, 6.07) is 6.69. The number of nitrogens with zero attached hydrogens (tertiary/aromatic N) is 1. The molecule has 0 atom stereocenters. The number of pyridine rings is 1. The van der Waals surface area contributed by atoms with Gasteiger partial charge in [0, 0.05) is 10.9 Å². The number of carbonyl (C=O) groups excluding carboxylic acids is 1. The Kier molecular flexibility index (Phi) is 6.34. The lowest BCUT2D eigenvalue weighted by Crippen LogP contribution is -2.38. The van der Waals surface area contributed by atoms with Crippen LogP contribution in [0.4, 0.5) is 4.39 Å². The quantitative estimate of drug-likeness (QED) is 0.753. The number of amides is 1. The van der Waals surface area contributed by atoms with Gasteiger partial charge in [-0.05, 0) is 68.7 Å². The second-order valence-corrected chi connectivity index (χ2v) is 7.57. The van der Waals surface area contributed by atoms with Gasteiger partial charge in [0.1, 0.15) is 17.1 Å². The van der Waals surface area contributed by atoms with Gasteiger partial charge in [0.15, 0.2) is 0 Å². The number of thioether (sulfide) groups is 1. The molecule has 3 rings (SSSR count). The van der Waals surface area contributed by atoms with E-state index >= 15 is 0 Å². The summed E-state index contributed by atoms with van der Waals surface area (Å²) in [5.74, 6) is -0.406. The highest BCUT2D eigenvalue weighted by Gasteiger charge is 2.23. The van der Waals surface area contributed by atoms with E-state index < -0.39 is 11.7 Å². The lowest BCUT2D eigenvalue weighted by Gasteiger charge is -2.26. The summed E-state index contributed by atoms with van der Waals surface area (Å²) in [7, 11) is 0. The lowest BCUT2D eigenvalue weighted by atomic mass is 9.93. The first-order valence-corrected chi connectivity index (χ1v) is 10.2. The van der Waals surface area contributed by atoms with Crippen LogP contribution in [-0.4, -0.2) is 34.4 Å². The molecule has 1 aliphatic carbocycles. The maximum Gasteiger partial charge on any atom is 0.257 e. The van der Waals surface area contributed by atoms with Crippen LogP contribution in [0.15, 0.2) is 35.4 Å². The lowest BCUT2D eigenvalue weighted by molar-refractivity contribution is 0.0864. The van der Waals surface area contributed by atoms with Crippen molar-refractivity contribution in [3.05, 3.63) is 47.4 Å². The topological polar surface area (TPSA) is 71.5 Å². The summed E-state index contributed by atoms with van der Waals surface area (Å²) in [6.07, 6.45) is 5.42. The molecule has 27 heavy (non-hydrogen) atoms. The monoisotopic (exact) mass is 390 g/mol. The summed E-state index contributed by atoms with van der Waals surface area (Å²) in [6.45, 7) is 1.97. The fraction of sp³-hybridized carbons (Fsp3) is 0.400. The number of hydrogen-bond donors (Lipinski definition) is 2. The van der Waals surface area contributed by atoms with Crippen molar-refractivity contribution in [1.82, 2.24) is 10.3 Å². The summed E-state index contributed by atoms with van der Waals surface area (Å²) < 4.78 is 19.5. The van der Waals surface area contributed by atoms with Gasteiger partial charge in [0.05, 0.1) is 12.3 Å². The third-order valence-electron chi connectivity index (χ3n) is 4.68. The summed E-state index contributed by atoms with van der Waals surface area (Å²) in [4.78, 5) is 17.8. The standard InChI is InChI=1S/C20H23FN2O3S/c1-12-9-16(7-8-18(12)27-2)26-20-17(10-13(21)11-22-20)19(25)23-14-3-5-15(24)6-4-14/h7-11,14-15,24H,3-6H2,1-2H3,(H,23,25)/t14-,15-. The van der Waals surface area contributed by atoms with E-state index in [1.165, 1.54) is 0 Å². The first-order chi connectivity index (χ1) is 13.0.